The van der Waals surface area contributed by atoms with E-state index in [0.29, 0.717) is 6.04 Å². The largest absolute Gasteiger partial charge is 0.310 e. The summed E-state index contributed by atoms with van der Waals surface area (Å²) in [4.78, 5) is 5.97. The van der Waals surface area contributed by atoms with Crippen LogP contribution in [0.25, 0.3) is 10.6 Å². The molecule has 0 aliphatic carbocycles. The highest BCUT2D eigenvalue weighted by Crippen LogP contribution is 2.27. The second kappa shape index (κ2) is 5.43. The van der Waals surface area contributed by atoms with Gasteiger partial charge in [-0.3, -0.25) is 0 Å². The molecule has 3 heteroatoms. The van der Waals surface area contributed by atoms with Crippen LogP contribution in [0.1, 0.15) is 24.4 Å². The van der Waals surface area contributed by atoms with Gasteiger partial charge in [-0.1, -0.05) is 44.2 Å². The maximum atomic E-state index is 4.64. The molecule has 0 spiro atoms. The van der Waals surface area contributed by atoms with Gasteiger partial charge in [0.05, 0.1) is 5.69 Å². The fraction of sp³-hybridized carbons (Fsp3) is 0.357. The Kier molecular flexibility index (Phi) is 3.92. The van der Waals surface area contributed by atoms with Gasteiger partial charge >= 0.3 is 0 Å². The number of nitrogens with zero attached hydrogens (tertiary/aromatic N) is 1. The van der Waals surface area contributed by atoms with Crippen molar-refractivity contribution in [2.45, 2.75) is 33.4 Å². The number of aromatic nitrogens is 1. The van der Waals surface area contributed by atoms with Crippen molar-refractivity contribution in [2.75, 3.05) is 0 Å². The second-order valence-corrected chi connectivity index (χ2v) is 5.51. The number of benzene rings is 1. The summed E-state index contributed by atoms with van der Waals surface area (Å²) in [7, 11) is 0. The monoisotopic (exact) mass is 246 g/mol. The van der Waals surface area contributed by atoms with Crippen LogP contribution in [0.2, 0.25) is 0 Å². The first-order valence-electron chi connectivity index (χ1n) is 5.92. The Labute approximate surface area is 107 Å². The normalized spacial score (nSPS) is 11.1. The lowest BCUT2D eigenvalue weighted by atomic mass is 10.2. The summed E-state index contributed by atoms with van der Waals surface area (Å²) in [5, 5.41) is 4.55. The summed E-state index contributed by atoms with van der Waals surface area (Å²) in [6, 6.07) is 10.9. The number of nitrogens with one attached hydrogen (secondary N) is 1. The first-order chi connectivity index (χ1) is 8.16. The Morgan fingerprint density at radius 1 is 1.24 bits per heavy atom. The topological polar surface area (TPSA) is 24.9 Å². The van der Waals surface area contributed by atoms with Gasteiger partial charge in [-0.2, -0.15) is 0 Å². The van der Waals surface area contributed by atoms with Crippen LogP contribution in [0.15, 0.2) is 30.3 Å². The van der Waals surface area contributed by atoms with Crippen LogP contribution in [-0.4, -0.2) is 11.0 Å². The van der Waals surface area contributed by atoms with Gasteiger partial charge in [0.15, 0.2) is 0 Å². The SMILES string of the molecule is Cc1nc(-c2ccccc2)sc1CNC(C)C. The van der Waals surface area contributed by atoms with Crippen molar-refractivity contribution < 1.29 is 0 Å². The van der Waals surface area contributed by atoms with E-state index in [1.807, 2.05) is 6.07 Å². The molecule has 1 aromatic heterocycles. The van der Waals surface area contributed by atoms with E-state index in [1.54, 1.807) is 11.3 Å². The molecule has 0 atom stereocenters. The average molecular weight is 246 g/mol. The molecule has 0 saturated carbocycles. The Morgan fingerprint density at radius 3 is 2.59 bits per heavy atom. The average Bonchev–Trinajstić information content (AvgIpc) is 2.69. The van der Waals surface area contributed by atoms with Crippen molar-refractivity contribution in [3.05, 3.63) is 40.9 Å². The van der Waals surface area contributed by atoms with Crippen LogP contribution in [-0.2, 0) is 6.54 Å². The van der Waals surface area contributed by atoms with Gasteiger partial charge in [0.1, 0.15) is 5.01 Å². The number of hydrogen-bond acceptors (Lipinski definition) is 3. The summed E-state index contributed by atoms with van der Waals surface area (Å²) in [6.45, 7) is 7.32. The number of aryl methyl sites for hydroxylation is 1. The minimum atomic E-state index is 0.511. The molecule has 0 saturated heterocycles. The Balaban J connectivity index is 2.19. The van der Waals surface area contributed by atoms with Crippen LogP contribution in [0, 0.1) is 6.92 Å². The van der Waals surface area contributed by atoms with E-state index in [9.17, 15) is 0 Å². The molecule has 2 aromatic rings. The molecule has 0 fully saturated rings. The third kappa shape index (κ3) is 3.14. The molecule has 0 aliphatic heterocycles. The summed E-state index contributed by atoms with van der Waals surface area (Å²) >= 11 is 1.78. The molecule has 0 bridgehead atoms. The van der Waals surface area contributed by atoms with Crippen LogP contribution < -0.4 is 5.32 Å². The van der Waals surface area contributed by atoms with E-state index in [2.05, 4.69) is 55.3 Å². The predicted molar refractivity (Wildman–Crippen MR) is 74.3 cm³/mol. The minimum Gasteiger partial charge on any atom is -0.310 e. The highest BCUT2D eigenvalue weighted by atomic mass is 32.1. The third-order valence-corrected chi connectivity index (χ3v) is 3.79. The summed E-state index contributed by atoms with van der Waals surface area (Å²) in [6.07, 6.45) is 0. The summed E-state index contributed by atoms with van der Waals surface area (Å²) < 4.78 is 0. The highest BCUT2D eigenvalue weighted by Gasteiger charge is 2.09. The van der Waals surface area contributed by atoms with Crippen LogP contribution in [0.3, 0.4) is 0 Å². The van der Waals surface area contributed by atoms with Crippen molar-refractivity contribution >= 4 is 11.3 Å². The molecule has 1 aromatic carbocycles. The fourth-order valence-corrected chi connectivity index (χ4v) is 2.61. The maximum Gasteiger partial charge on any atom is 0.123 e. The standard InChI is InChI=1S/C14H18N2S/c1-10(2)15-9-13-11(3)16-14(17-13)12-7-5-4-6-8-12/h4-8,10,15H,9H2,1-3H3. The van der Waals surface area contributed by atoms with Gasteiger partial charge in [0.25, 0.3) is 0 Å². The lowest BCUT2D eigenvalue weighted by molar-refractivity contribution is 0.591. The molecule has 90 valence electrons. The number of hydrogen-bond donors (Lipinski definition) is 1. The van der Waals surface area contributed by atoms with E-state index in [-0.39, 0.29) is 0 Å². The van der Waals surface area contributed by atoms with Gasteiger partial charge in [0, 0.05) is 23.0 Å². The zero-order valence-corrected chi connectivity index (χ0v) is 11.3. The van der Waals surface area contributed by atoms with Crippen molar-refractivity contribution in [3.8, 4) is 10.6 Å². The maximum absolute atomic E-state index is 4.64. The Morgan fingerprint density at radius 2 is 1.94 bits per heavy atom. The van der Waals surface area contributed by atoms with Gasteiger partial charge in [-0.15, -0.1) is 11.3 Å². The first kappa shape index (κ1) is 12.3. The molecule has 2 rings (SSSR count). The predicted octanol–water partition coefficient (Wildman–Crippen LogP) is 3.62. The summed E-state index contributed by atoms with van der Waals surface area (Å²) in [5.74, 6) is 0. The lowest BCUT2D eigenvalue weighted by Gasteiger charge is -2.05. The minimum absolute atomic E-state index is 0.511. The zero-order valence-electron chi connectivity index (χ0n) is 10.5. The van der Waals surface area contributed by atoms with Crippen molar-refractivity contribution in [1.82, 2.24) is 10.3 Å². The summed E-state index contributed by atoms with van der Waals surface area (Å²) in [5.41, 5.74) is 2.35. The molecular weight excluding hydrogens is 228 g/mol. The van der Waals surface area contributed by atoms with Crippen LogP contribution >= 0.6 is 11.3 Å². The fourth-order valence-electron chi connectivity index (χ4n) is 1.59. The van der Waals surface area contributed by atoms with E-state index < -0.39 is 0 Å². The molecular formula is C14H18N2S. The lowest BCUT2D eigenvalue weighted by Crippen LogP contribution is -2.21. The Bertz CT molecular complexity index is 474. The van der Waals surface area contributed by atoms with Gasteiger partial charge < -0.3 is 5.32 Å². The smallest absolute Gasteiger partial charge is 0.123 e. The van der Waals surface area contributed by atoms with Crippen molar-refractivity contribution in [3.63, 3.8) is 0 Å². The number of thiazole rings is 1. The van der Waals surface area contributed by atoms with E-state index in [1.165, 1.54) is 10.4 Å². The molecule has 1 N–H and O–H groups in total. The molecule has 2 nitrogen and oxygen atoms in total. The van der Waals surface area contributed by atoms with E-state index >= 15 is 0 Å². The molecule has 0 radical (unpaired) electrons. The number of rotatable bonds is 4. The quantitative estimate of drug-likeness (QED) is 0.891. The second-order valence-electron chi connectivity index (χ2n) is 4.43. The Hall–Kier alpha value is -1.19. The van der Waals surface area contributed by atoms with Crippen LogP contribution in [0.4, 0.5) is 0 Å². The third-order valence-electron chi connectivity index (χ3n) is 2.58. The van der Waals surface area contributed by atoms with Crippen LogP contribution in [0.5, 0.6) is 0 Å². The van der Waals surface area contributed by atoms with Gasteiger partial charge in [-0.05, 0) is 6.92 Å². The van der Waals surface area contributed by atoms with E-state index in [0.717, 1.165) is 17.2 Å². The first-order valence-corrected chi connectivity index (χ1v) is 6.73. The molecule has 17 heavy (non-hydrogen) atoms. The van der Waals surface area contributed by atoms with E-state index in [4.69, 9.17) is 0 Å². The van der Waals surface area contributed by atoms with Gasteiger partial charge in [0.2, 0.25) is 0 Å². The highest BCUT2D eigenvalue weighted by molar-refractivity contribution is 7.15. The molecule has 0 unspecified atom stereocenters. The molecule has 0 aliphatic rings. The molecule has 1 heterocycles. The molecule has 0 amide bonds. The van der Waals surface area contributed by atoms with Gasteiger partial charge in [-0.25, -0.2) is 4.98 Å². The zero-order chi connectivity index (χ0) is 12.3. The van der Waals surface area contributed by atoms with Crippen molar-refractivity contribution in [2.24, 2.45) is 0 Å². The van der Waals surface area contributed by atoms with Crippen molar-refractivity contribution in [1.29, 1.82) is 0 Å².